The summed E-state index contributed by atoms with van der Waals surface area (Å²) in [4.78, 5) is 38.1. The number of ether oxygens (including phenoxy) is 2. The third kappa shape index (κ3) is 3.98. The van der Waals surface area contributed by atoms with Crippen LogP contribution < -0.4 is 0 Å². The summed E-state index contributed by atoms with van der Waals surface area (Å²) in [6.07, 6.45) is 2.01. The summed E-state index contributed by atoms with van der Waals surface area (Å²) in [5, 5.41) is 9.86. The van der Waals surface area contributed by atoms with E-state index in [1.165, 1.54) is 11.0 Å². The summed E-state index contributed by atoms with van der Waals surface area (Å²) in [7, 11) is -1.91. The lowest BCUT2D eigenvalue weighted by Gasteiger charge is -2.48. The monoisotopic (exact) mass is 423 g/mol. The van der Waals surface area contributed by atoms with Crippen molar-refractivity contribution in [2.45, 2.75) is 64.1 Å². The van der Waals surface area contributed by atoms with Crippen LogP contribution in [0, 0.1) is 11.8 Å². The average Bonchev–Trinajstić information content (AvgIpc) is 2.90. The number of β-lactam (4-membered cyclic amide) rings is 1. The molecule has 5 atom stereocenters. The molecule has 160 valence electrons. The number of carbonyl (C=O) groups excluding carboxylic acids is 2. The zero-order chi connectivity index (χ0) is 21.5. The standard InChI is InChI=1S/C20H29NO7Si/c1-6-10-26-20(25)27-11(2)14-16-12-8-7-9-13(28-29(3,4)5)15(12)17(19(23)24)21(16)18(14)22/h6,11-14,16H,1,7-10H2,2-5H3,(H,23,24)/t11-,12+,13+,14-,16-/m1/s1. The van der Waals surface area contributed by atoms with Crippen LogP contribution in [-0.4, -0.2) is 61.2 Å². The first-order chi connectivity index (χ1) is 13.6. The van der Waals surface area contributed by atoms with Crippen LogP contribution in [0.4, 0.5) is 4.79 Å². The second kappa shape index (κ2) is 7.95. The van der Waals surface area contributed by atoms with Gasteiger partial charge in [-0.2, -0.15) is 0 Å². The first-order valence-electron chi connectivity index (χ1n) is 9.99. The Bertz CT molecular complexity index is 756. The third-order valence-corrected chi connectivity index (χ3v) is 6.64. The van der Waals surface area contributed by atoms with Gasteiger partial charge in [0, 0.05) is 5.92 Å². The summed E-state index contributed by atoms with van der Waals surface area (Å²) in [5.74, 6) is -2.11. The largest absolute Gasteiger partial charge is 0.508 e. The summed E-state index contributed by atoms with van der Waals surface area (Å²) in [5.41, 5.74) is 0.791. The lowest BCUT2D eigenvalue weighted by atomic mass is 9.71. The van der Waals surface area contributed by atoms with E-state index in [4.69, 9.17) is 13.9 Å². The van der Waals surface area contributed by atoms with Gasteiger partial charge in [-0.3, -0.25) is 4.79 Å². The van der Waals surface area contributed by atoms with Crippen molar-refractivity contribution >= 4 is 26.3 Å². The van der Waals surface area contributed by atoms with E-state index in [1.807, 2.05) is 0 Å². The Morgan fingerprint density at radius 1 is 1.34 bits per heavy atom. The molecule has 1 N–H and O–H groups in total. The Morgan fingerprint density at radius 2 is 2.03 bits per heavy atom. The third-order valence-electron chi connectivity index (χ3n) is 5.65. The predicted molar refractivity (Wildman–Crippen MR) is 106 cm³/mol. The molecule has 0 unspecified atom stereocenters. The minimum absolute atomic E-state index is 0.0208. The minimum Gasteiger partial charge on any atom is -0.477 e. The van der Waals surface area contributed by atoms with Gasteiger partial charge in [0.1, 0.15) is 18.4 Å². The SMILES string of the molecule is C=CCOC(=O)O[C@H](C)[C@H]1C(=O)N2C(C(=O)O)=C3[C@@H](O[Si](C)(C)C)CCC[C@@H]3[C@H]12. The molecule has 1 amide bonds. The van der Waals surface area contributed by atoms with Crippen molar-refractivity contribution in [1.29, 1.82) is 0 Å². The van der Waals surface area contributed by atoms with Crippen molar-refractivity contribution in [3.05, 3.63) is 23.9 Å². The molecule has 3 aliphatic rings. The molecule has 2 heterocycles. The van der Waals surface area contributed by atoms with Crippen LogP contribution in [0.5, 0.6) is 0 Å². The Balaban J connectivity index is 1.84. The zero-order valence-corrected chi connectivity index (χ0v) is 18.3. The van der Waals surface area contributed by atoms with Crippen LogP contribution >= 0.6 is 0 Å². The van der Waals surface area contributed by atoms with Gasteiger partial charge >= 0.3 is 12.1 Å². The van der Waals surface area contributed by atoms with Crippen molar-refractivity contribution in [2.75, 3.05) is 6.61 Å². The smallest absolute Gasteiger partial charge is 0.477 e. The summed E-state index contributed by atoms with van der Waals surface area (Å²) in [6, 6.07) is -0.321. The van der Waals surface area contributed by atoms with E-state index in [-0.39, 0.29) is 36.3 Å². The Hall–Kier alpha value is -2.13. The second-order valence-corrected chi connectivity index (χ2v) is 13.2. The topological polar surface area (TPSA) is 102 Å². The average molecular weight is 424 g/mol. The van der Waals surface area contributed by atoms with E-state index < -0.39 is 32.5 Å². The highest BCUT2D eigenvalue weighted by atomic mass is 28.4. The van der Waals surface area contributed by atoms with Gasteiger partial charge in [-0.25, -0.2) is 9.59 Å². The van der Waals surface area contributed by atoms with Gasteiger partial charge in [0.25, 0.3) is 0 Å². The number of fused-ring (bicyclic) bond motifs is 3. The molecule has 3 rings (SSSR count). The van der Waals surface area contributed by atoms with Gasteiger partial charge in [0.05, 0.1) is 18.1 Å². The Labute approximate surface area is 171 Å². The van der Waals surface area contributed by atoms with Gasteiger partial charge in [-0.1, -0.05) is 12.7 Å². The minimum atomic E-state index is -1.91. The molecule has 0 aromatic heterocycles. The molecule has 0 spiro atoms. The molecule has 0 bridgehead atoms. The highest BCUT2D eigenvalue weighted by molar-refractivity contribution is 6.69. The molecule has 2 fully saturated rings. The van der Waals surface area contributed by atoms with E-state index in [2.05, 4.69) is 26.2 Å². The van der Waals surface area contributed by atoms with Crippen LogP contribution in [-0.2, 0) is 23.5 Å². The summed E-state index contributed by atoms with van der Waals surface area (Å²) >= 11 is 0. The molecule has 0 aromatic rings. The quantitative estimate of drug-likeness (QED) is 0.291. The molecule has 0 radical (unpaired) electrons. The molecule has 1 aliphatic carbocycles. The van der Waals surface area contributed by atoms with Crippen LogP contribution in [0.1, 0.15) is 26.2 Å². The van der Waals surface area contributed by atoms with Gasteiger partial charge in [0.15, 0.2) is 8.32 Å². The number of rotatable bonds is 7. The Morgan fingerprint density at radius 3 is 2.62 bits per heavy atom. The molecular formula is C20H29NO7Si. The maximum absolute atomic E-state index is 12.9. The van der Waals surface area contributed by atoms with Crippen LogP contribution in [0.15, 0.2) is 23.9 Å². The molecule has 1 saturated carbocycles. The van der Waals surface area contributed by atoms with Crippen molar-refractivity contribution < 1.29 is 33.4 Å². The fourth-order valence-corrected chi connectivity index (χ4v) is 5.86. The molecule has 2 aliphatic heterocycles. The van der Waals surface area contributed by atoms with Crippen LogP contribution in [0.3, 0.4) is 0 Å². The highest BCUT2D eigenvalue weighted by Crippen LogP contribution is 2.53. The highest BCUT2D eigenvalue weighted by Gasteiger charge is 2.63. The first kappa shape index (κ1) is 21.6. The first-order valence-corrected chi connectivity index (χ1v) is 13.4. The van der Waals surface area contributed by atoms with Gasteiger partial charge in [0.2, 0.25) is 5.91 Å². The van der Waals surface area contributed by atoms with Crippen molar-refractivity contribution in [3.63, 3.8) is 0 Å². The summed E-state index contributed by atoms with van der Waals surface area (Å²) in [6.45, 7) is 11.3. The van der Waals surface area contributed by atoms with E-state index in [9.17, 15) is 19.5 Å². The van der Waals surface area contributed by atoms with Crippen LogP contribution in [0.2, 0.25) is 19.6 Å². The van der Waals surface area contributed by atoms with Gasteiger partial charge < -0.3 is 23.9 Å². The fourth-order valence-electron chi connectivity index (χ4n) is 4.76. The number of hydrogen-bond donors (Lipinski definition) is 1. The number of aliphatic carboxylic acids is 1. The van der Waals surface area contributed by atoms with Crippen molar-refractivity contribution in [2.24, 2.45) is 11.8 Å². The molecule has 1 saturated heterocycles. The van der Waals surface area contributed by atoms with Crippen molar-refractivity contribution in [1.82, 2.24) is 4.90 Å². The number of carboxylic acid groups (broad SMARTS) is 1. The number of hydrogen-bond acceptors (Lipinski definition) is 6. The molecular weight excluding hydrogens is 394 g/mol. The molecule has 29 heavy (non-hydrogen) atoms. The molecule has 9 heteroatoms. The van der Waals surface area contributed by atoms with E-state index in [0.717, 1.165) is 24.8 Å². The molecule has 0 aromatic carbocycles. The van der Waals surface area contributed by atoms with Crippen LogP contribution in [0.25, 0.3) is 0 Å². The van der Waals surface area contributed by atoms with Crippen molar-refractivity contribution in [3.8, 4) is 0 Å². The molecule has 8 nitrogen and oxygen atoms in total. The maximum atomic E-state index is 12.9. The van der Waals surface area contributed by atoms with E-state index in [1.54, 1.807) is 6.92 Å². The van der Waals surface area contributed by atoms with Gasteiger partial charge in [-0.15, -0.1) is 0 Å². The number of amides is 1. The summed E-state index contributed by atoms with van der Waals surface area (Å²) < 4.78 is 16.4. The fraction of sp³-hybridized carbons (Fsp3) is 0.650. The number of carboxylic acids is 1. The lowest BCUT2D eigenvalue weighted by Crippen LogP contribution is -2.64. The normalized spacial score (nSPS) is 29.5. The second-order valence-electron chi connectivity index (χ2n) is 8.76. The van der Waals surface area contributed by atoms with E-state index in [0.29, 0.717) is 0 Å². The Kier molecular flexibility index (Phi) is 5.91. The maximum Gasteiger partial charge on any atom is 0.508 e. The lowest BCUT2D eigenvalue weighted by molar-refractivity contribution is -0.164. The predicted octanol–water partition coefficient (Wildman–Crippen LogP) is 2.91. The van der Waals surface area contributed by atoms with Gasteiger partial charge in [-0.05, 0) is 51.4 Å². The van der Waals surface area contributed by atoms with E-state index >= 15 is 0 Å². The number of nitrogens with zero attached hydrogens (tertiary/aromatic N) is 1. The zero-order valence-electron chi connectivity index (χ0n) is 17.3. The number of carbonyl (C=O) groups is 3.